The number of benzene rings is 1. The van der Waals surface area contributed by atoms with Gasteiger partial charge in [-0.25, -0.2) is 0 Å². The number of carbonyl (C=O) groups excluding carboxylic acids is 2. The van der Waals surface area contributed by atoms with Crippen LogP contribution < -0.4 is 0 Å². The van der Waals surface area contributed by atoms with E-state index in [9.17, 15) is 9.59 Å². The minimum Gasteiger partial charge on any atom is -0.381 e. The summed E-state index contributed by atoms with van der Waals surface area (Å²) in [6.45, 7) is 7.16. The first kappa shape index (κ1) is 23.1. The van der Waals surface area contributed by atoms with Crippen molar-refractivity contribution in [3.63, 3.8) is 0 Å². The molecule has 0 spiro atoms. The Morgan fingerprint density at radius 1 is 1.18 bits per heavy atom. The van der Waals surface area contributed by atoms with Crippen LogP contribution >= 0.6 is 0 Å². The van der Waals surface area contributed by atoms with Crippen molar-refractivity contribution in [1.29, 1.82) is 0 Å². The topological polar surface area (TPSA) is 72.0 Å². The second-order valence-electron chi connectivity index (χ2n) is 8.66. The van der Waals surface area contributed by atoms with Gasteiger partial charge in [0.05, 0.1) is 12.7 Å². The van der Waals surface area contributed by atoms with Gasteiger partial charge in [-0.1, -0.05) is 30.9 Å². The summed E-state index contributed by atoms with van der Waals surface area (Å²) < 4.78 is 11.7. The fourth-order valence-electron chi connectivity index (χ4n) is 4.30. The molecule has 0 N–H and O–H groups in total. The molecule has 2 aliphatic rings. The van der Waals surface area contributed by atoms with E-state index in [4.69, 9.17) is 9.47 Å². The van der Waals surface area contributed by atoms with Crippen LogP contribution in [0, 0.1) is 5.92 Å². The maximum atomic E-state index is 13.3. The summed E-state index contributed by atoms with van der Waals surface area (Å²) in [4.78, 5) is 34.1. The van der Waals surface area contributed by atoms with Gasteiger partial charge in [-0.2, -0.15) is 0 Å². The monoisotopic (exact) mass is 449 g/mol. The number of rotatable bonds is 7. The predicted octanol–water partition coefficient (Wildman–Crippen LogP) is 3.02. The molecule has 2 aromatic rings. The van der Waals surface area contributed by atoms with Crippen molar-refractivity contribution in [2.75, 3.05) is 39.4 Å². The predicted molar refractivity (Wildman–Crippen MR) is 125 cm³/mol. The van der Waals surface area contributed by atoms with Crippen molar-refractivity contribution in [3.8, 4) is 0 Å². The van der Waals surface area contributed by atoms with Crippen LogP contribution in [0.2, 0.25) is 0 Å². The van der Waals surface area contributed by atoms with Gasteiger partial charge in [0, 0.05) is 50.8 Å². The minimum absolute atomic E-state index is 0.0370. The average Bonchev–Trinajstić information content (AvgIpc) is 3.02. The molecule has 0 aliphatic carbocycles. The summed E-state index contributed by atoms with van der Waals surface area (Å²) in [5.74, 6) is 0.210. The SMILES string of the molecule is C=Cc1ccc(C(=O)N2CC(=O)N(CC3CCOCC3)CC(OCc3cccnc3)C2)cc1. The fraction of sp³-hybridized carbons (Fsp3) is 0.423. The van der Waals surface area contributed by atoms with E-state index >= 15 is 0 Å². The molecule has 2 aliphatic heterocycles. The van der Waals surface area contributed by atoms with Gasteiger partial charge in [-0.05, 0) is 48.1 Å². The molecular formula is C26H31N3O4. The van der Waals surface area contributed by atoms with Gasteiger partial charge in [0.15, 0.2) is 0 Å². The summed E-state index contributed by atoms with van der Waals surface area (Å²) in [6.07, 6.45) is 6.84. The summed E-state index contributed by atoms with van der Waals surface area (Å²) in [7, 11) is 0. The molecule has 1 atom stereocenters. The van der Waals surface area contributed by atoms with Gasteiger partial charge in [0.25, 0.3) is 5.91 Å². The number of aromatic nitrogens is 1. The van der Waals surface area contributed by atoms with E-state index in [0.717, 1.165) is 37.2 Å². The lowest BCUT2D eigenvalue weighted by atomic mass is 9.99. The van der Waals surface area contributed by atoms with Crippen LogP contribution in [0.5, 0.6) is 0 Å². The number of hydrogen-bond acceptors (Lipinski definition) is 5. The molecule has 2 fully saturated rings. The molecule has 4 rings (SSSR count). The van der Waals surface area contributed by atoms with E-state index in [0.29, 0.717) is 37.7 Å². The summed E-state index contributed by atoms with van der Waals surface area (Å²) in [5, 5.41) is 0. The molecule has 3 heterocycles. The highest BCUT2D eigenvalue weighted by Crippen LogP contribution is 2.20. The van der Waals surface area contributed by atoms with Crippen molar-refractivity contribution in [1.82, 2.24) is 14.8 Å². The molecule has 0 radical (unpaired) electrons. The number of hydrogen-bond donors (Lipinski definition) is 0. The van der Waals surface area contributed by atoms with E-state index in [-0.39, 0.29) is 24.5 Å². The first-order valence-corrected chi connectivity index (χ1v) is 11.5. The summed E-state index contributed by atoms with van der Waals surface area (Å²) >= 11 is 0. The van der Waals surface area contributed by atoms with Crippen LogP contribution in [0.3, 0.4) is 0 Å². The Bertz CT molecular complexity index is 942. The van der Waals surface area contributed by atoms with Gasteiger partial charge in [0.2, 0.25) is 5.91 Å². The van der Waals surface area contributed by atoms with Crippen LogP contribution in [0.4, 0.5) is 0 Å². The molecule has 1 aromatic carbocycles. The zero-order chi connectivity index (χ0) is 23.0. The number of amides is 2. The molecule has 7 nitrogen and oxygen atoms in total. The number of ether oxygens (including phenoxy) is 2. The smallest absolute Gasteiger partial charge is 0.254 e. The third-order valence-corrected chi connectivity index (χ3v) is 6.24. The normalized spacial score (nSPS) is 19.9. The van der Waals surface area contributed by atoms with Crippen LogP contribution in [-0.4, -0.2) is 72.1 Å². The molecule has 2 saturated heterocycles. The van der Waals surface area contributed by atoms with Crippen molar-refractivity contribution in [2.45, 2.75) is 25.6 Å². The van der Waals surface area contributed by atoms with Crippen molar-refractivity contribution >= 4 is 17.9 Å². The molecule has 7 heteroatoms. The Kier molecular flexibility index (Phi) is 7.86. The van der Waals surface area contributed by atoms with Crippen LogP contribution in [0.1, 0.15) is 34.3 Å². The van der Waals surface area contributed by atoms with Crippen LogP contribution in [0.15, 0.2) is 55.4 Å². The van der Waals surface area contributed by atoms with E-state index in [1.807, 2.05) is 29.2 Å². The number of carbonyl (C=O) groups is 2. The molecular weight excluding hydrogens is 418 g/mol. The highest BCUT2D eigenvalue weighted by molar-refractivity contribution is 5.97. The van der Waals surface area contributed by atoms with Gasteiger partial charge >= 0.3 is 0 Å². The zero-order valence-electron chi connectivity index (χ0n) is 18.9. The van der Waals surface area contributed by atoms with E-state index in [1.54, 1.807) is 35.5 Å². The molecule has 0 bridgehead atoms. The molecule has 33 heavy (non-hydrogen) atoms. The quantitative estimate of drug-likeness (QED) is 0.650. The van der Waals surface area contributed by atoms with Gasteiger partial charge < -0.3 is 19.3 Å². The third-order valence-electron chi connectivity index (χ3n) is 6.24. The molecule has 0 saturated carbocycles. The minimum atomic E-state index is -0.284. The van der Waals surface area contributed by atoms with E-state index in [1.165, 1.54) is 0 Å². The Hall–Kier alpha value is -3.03. The number of nitrogens with zero attached hydrogens (tertiary/aromatic N) is 3. The Morgan fingerprint density at radius 2 is 1.97 bits per heavy atom. The van der Waals surface area contributed by atoms with E-state index in [2.05, 4.69) is 11.6 Å². The highest BCUT2D eigenvalue weighted by Gasteiger charge is 2.32. The molecule has 174 valence electrons. The van der Waals surface area contributed by atoms with Crippen molar-refractivity contribution in [2.24, 2.45) is 5.92 Å². The van der Waals surface area contributed by atoms with Gasteiger partial charge in [-0.3, -0.25) is 14.6 Å². The second kappa shape index (κ2) is 11.2. The standard InChI is InChI=1S/C26H31N3O4/c1-2-20-5-7-23(8-6-20)26(31)29-17-24(33-19-22-4-3-11-27-14-22)16-28(25(30)18-29)15-21-9-12-32-13-10-21/h2-8,11,14,21,24H,1,9-10,12-13,15-19H2. The maximum absolute atomic E-state index is 13.3. The highest BCUT2D eigenvalue weighted by atomic mass is 16.5. The van der Waals surface area contributed by atoms with Crippen molar-refractivity contribution < 1.29 is 19.1 Å². The second-order valence-corrected chi connectivity index (χ2v) is 8.66. The Morgan fingerprint density at radius 3 is 2.67 bits per heavy atom. The zero-order valence-corrected chi connectivity index (χ0v) is 18.9. The van der Waals surface area contributed by atoms with Crippen LogP contribution in [-0.2, 0) is 20.9 Å². The summed E-state index contributed by atoms with van der Waals surface area (Å²) in [5.41, 5.74) is 2.46. The molecule has 1 unspecified atom stereocenters. The van der Waals surface area contributed by atoms with Gasteiger partial charge in [0.1, 0.15) is 6.54 Å². The third kappa shape index (κ3) is 6.27. The largest absolute Gasteiger partial charge is 0.381 e. The summed E-state index contributed by atoms with van der Waals surface area (Å²) in [6, 6.07) is 11.1. The molecule has 2 amide bonds. The Balaban J connectivity index is 1.49. The first-order valence-electron chi connectivity index (χ1n) is 11.5. The Labute approximate surface area is 195 Å². The maximum Gasteiger partial charge on any atom is 0.254 e. The van der Waals surface area contributed by atoms with Crippen molar-refractivity contribution in [3.05, 3.63) is 72.1 Å². The average molecular weight is 450 g/mol. The lowest BCUT2D eigenvalue weighted by Crippen LogP contribution is -2.42. The molecule has 1 aromatic heterocycles. The first-order chi connectivity index (χ1) is 16.1. The van der Waals surface area contributed by atoms with Crippen LogP contribution in [0.25, 0.3) is 6.08 Å². The fourth-order valence-corrected chi connectivity index (χ4v) is 4.30. The van der Waals surface area contributed by atoms with Gasteiger partial charge in [-0.15, -0.1) is 0 Å². The lowest BCUT2D eigenvalue weighted by Gasteiger charge is -2.30. The lowest BCUT2D eigenvalue weighted by molar-refractivity contribution is -0.132. The number of pyridine rings is 1. The van der Waals surface area contributed by atoms with E-state index < -0.39 is 0 Å².